The van der Waals surface area contributed by atoms with Gasteiger partial charge in [-0.15, -0.1) is 0 Å². The zero-order valence-corrected chi connectivity index (χ0v) is 11.1. The van der Waals surface area contributed by atoms with Crippen LogP contribution in [0.4, 0.5) is 0 Å². The first-order chi connectivity index (χ1) is 8.40. The number of hydrogen-bond donors (Lipinski definition) is 2. The highest BCUT2D eigenvalue weighted by Crippen LogP contribution is 2.14. The van der Waals surface area contributed by atoms with Crippen molar-refractivity contribution >= 4 is 5.91 Å². The Hall–Kier alpha value is -1.59. The van der Waals surface area contributed by atoms with Gasteiger partial charge in [-0.25, -0.2) is 5.84 Å². The second-order valence-corrected chi connectivity index (χ2v) is 4.57. The predicted octanol–water partition coefficient (Wildman–Crippen LogP) is 0.676. The minimum atomic E-state index is -0.614. The van der Waals surface area contributed by atoms with E-state index in [2.05, 4.69) is 0 Å². The van der Waals surface area contributed by atoms with Crippen molar-refractivity contribution in [1.82, 2.24) is 5.01 Å². The second-order valence-electron chi connectivity index (χ2n) is 4.57. The molecule has 5 nitrogen and oxygen atoms in total. The van der Waals surface area contributed by atoms with Crippen LogP contribution in [0, 0.1) is 0 Å². The highest BCUT2D eigenvalue weighted by Gasteiger charge is 2.16. The van der Waals surface area contributed by atoms with Gasteiger partial charge in [-0.05, 0) is 38.0 Å². The van der Waals surface area contributed by atoms with E-state index in [-0.39, 0.29) is 12.0 Å². The first kappa shape index (κ1) is 14.5. The molecule has 100 valence electrons. The topological polar surface area (TPSA) is 81.6 Å². The number of ether oxygens (including phenoxy) is 1. The van der Waals surface area contributed by atoms with Gasteiger partial charge in [0.2, 0.25) is 0 Å². The Morgan fingerprint density at radius 2 is 1.89 bits per heavy atom. The number of hydrogen-bond acceptors (Lipinski definition) is 4. The van der Waals surface area contributed by atoms with Crippen molar-refractivity contribution in [1.29, 1.82) is 0 Å². The van der Waals surface area contributed by atoms with Gasteiger partial charge in [0.05, 0.1) is 12.1 Å². The van der Waals surface area contributed by atoms with Gasteiger partial charge in [0.1, 0.15) is 5.75 Å². The summed E-state index contributed by atoms with van der Waals surface area (Å²) in [6, 6.07) is 6.94. The molecule has 0 spiro atoms. The van der Waals surface area contributed by atoms with Crippen LogP contribution in [0.1, 0.15) is 19.4 Å². The van der Waals surface area contributed by atoms with Gasteiger partial charge in [0.25, 0.3) is 5.91 Å². The Morgan fingerprint density at radius 3 is 2.33 bits per heavy atom. The number of nitrogens with zero attached hydrogens (tertiary/aromatic N) is 1. The lowest BCUT2D eigenvalue weighted by molar-refractivity contribution is -0.131. The summed E-state index contributed by atoms with van der Waals surface area (Å²) in [7, 11) is 1.49. The maximum absolute atomic E-state index is 11.5. The first-order valence-electron chi connectivity index (χ1n) is 5.93. The zero-order valence-electron chi connectivity index (χ0n) is 11.1. The Bertz CT molecular complexity index is 388. The SMILES string of the molecule is CC(C)Oc1ccc(CC(N)C(=O)N(C)N)cc1. The van der Waals surface area contributed by atoms with Crippen LogP contribution in [-0.4, -0.2) is 30.1 Å². The molecule has 1 amide bonds. The van der Waals surface area contributed by atoms with Crippen LogP contribution in [0.5, 0.6) is 5.75 Å². The molecule has 0 radical (unpaired) electrons. The van der Waals surface area contributed by atoms with Crippen molar-refractivity contribution in [3.63, 3.8) is 0 Å². The molecule has 0 aliphatic heterocycles. The molecular formula is C13H21N3O2. The van der Waals surface area contributed by atoms with Gasteiger partial charge < -0.3 is 10.5 Å². The van der Waals surface area contributed by atoms with Crippen molar-refractivity contribution in [2.24, 2.45) is 11.6 Å². The van der Waals surface area contributed by atoms with E-state index < -0.39 is 6.04 Å². The van der Waals surface area contributed by atoms with Gasteiger partial charge in [0.15, 0.2) is 0 Å². The Labute approximate surface area is 108 Å². The number of carbonyl (C=O) groups excluding carboxylic acids is 1. The maximum atomic E-state index is 11.5. The molecule has 0 saturated heterocycles. The summed E-state index contributed by atoms with van der Waals surface area (Å²) < 4.78 is 5.53. The van der Waals surface area contributed by atoms with Crippen LogP contribution in [0.25, 0.3) is 0 Å². The van der Waals surface area contributed by atoms with Crippen molar-refractivity contribution in [2.45, 2.75) is 32.4 Å². The molecule has 1 atom stereocenters. The average Bonchev–Trinajstić information content (AvgIpc) is 2.29. The van der Waals surface area contributed by atoms with Crippen LogP contribution >= 0.6 is 0 Å². The second kappa shape index (κ2) is 6.37. The number of rotatable bonds is 5. The summed E-state index contributed by atoms with van der Waals surface area (Å²) in [6.45, 7) is 3.94. The monoisotopic (exact) mass is 251 g/mol. The summed E-state index contributed by atoms with van der Waals surface area (Å²) in [5.74, 6) is 5.88. The van der Waals surface area contributed by atoms with E-state index in [0.717, 1.165) is 16.3 Å². The minimum Gasteiger partial charge on any atom is -0.491 e. The lowest BCUT2D eigenvalue weighted by Gasteiger charge is -2.16. The molecule has 0 heterocycles. The fourth-order valence-electron chi connectivity index (χ4n) is 1.58. The Morgan fingerprint density at radius 1 is 1.33 bits per heavy atom. The number of carbonyl (C=O) groups is 1. The van der Waals surface area contributed by atoms with Gasteiger partial charge in [-0.3, -0.25) is 9.80 Å². The average molecular weight is 251 g/mol. The first-order valence-corrected chi connectivity index (χ1v) is 5.93. The number of nitrogens with two attached hydrogens (primary N) is 2. The van der Waals surface area contributed by atoms with Crippen LogP contribution in [-0.2, 0) is 11.2 Å². The molecule has 5 heteroatoms. The third-order valence-corrected chi connectivity index (χ3v) is 2.42. The Kier molecular flexibility index (Phi) is 5.12. The molecular weight excluding hydrogens is 230 g/mol. The molecule has 0 aliphatic carbocycles. The van der Waals surface area contributed by atoms with Gasteiger partial charge in [0, 0.05) is 7.05 Å². The van der Waals surface area contributed by atoms with Crippen LogP contribution in [0.2, 0.25) is 0 Å². The fourth-order valence-corrected chi connectivity index (χ4v) is 1.58. The van der Waals surface area contributed by atoms with Crippen LogP contribution in [0.15, 0.2) is 24.3 Å². The molecule has 0 fully saturated rings. The lowest BCUT2D eigenvalue weighted by Crippen LogP contribution is -2.46. The molecule has 0 aromatic heterocycles. The highest BCUT2D eigenvalue weighted by molar-refractivity contribution is 5.81. The standard InChI is InChI=1S/C13H21N3O2/c1-9(2)18-11-6-4-10(5-7-11)8-12(14)13(17)16(3)15/h4-7,9,12H,8,14-15H2,1-3H3. The molecule has 1 aromatic carbocycles. The van der Waals surface area contributed by atoms with E-state index in [1.807, 2.05) is 38.1 Å². The quantitative estimate of drug-likeness (QED) is 0.458. The van der Waals surface area contributed by atoms with E-state index in [1.54, 1.807) is 0 Å². The molecule has 0 bridgehead atoms. The van der Waals surface area contributed by atoms with E-state index in [9.17, 15) is 4.79 Å². The predicted molar refractivity (Wildman–Crippen MR) is 70.8 cm³/mol. The molecule has 0 aliphatic rings. The van der Waals surface area contributed by atoms with Crippen molar-refractivity contribution in [3.8, 4) is 5.75 Å². The summed E-state index contributed by atoms with van der Waals surface area (Å²) in [5.41, 5.74) is 6.75. The number of benzene rings is 1. The fraction of sp³-hybridized carbons (Fsp3) is 0.462. The number of amides is 1. The number of likely N-dealkylation sites (N-methyl/N-ethyl adjacent to an activating group) is 1. The molecule has 1 rings (SSSR count). The number of hydrazine groups is 1. The van der Waals surface area contributed by atoms with Crippen LogP contribution in [0.3, 0.4) is 0 Å². The third-order valence-electron chi connectivity index (χ3n) is 2.42. The maximum Gasteiger partial charge on any atom is 0.253 e. The minimum absolute atomic E-state index is 0.144. The van der Waals surface area contributed by atoms with Crippen molar-refractivity contribution in [2.75, 3.05) is 7.05 Å². The third kappa shape index (κ3) is 4.35. The van der Waals surface area contributed by atoms with E-state index >= 15 is 0 Å². The molecule has 1 aromatic rings. The normalized spacial score (nSPS) is 12.3. The molecule has 0 saturated carbocycles. The van der Waals surface area contributed by atoms with E-state index in [0.29, 0.717) is 6.42 Å². The zero-order chi connectivity index (χ0) is 13.7. The summed E-state index contributed by atoms with van der Waals surface area (Å²) in [5, 5.41) is 1.01. The van der Waals surface area contributed by atoms with Crippen LogP contribution < -0.4 is 16.3 Å². The molecule has 18 heavy (non-hydrogen) atoms. The van der Waals surface area contributed by atoms with Crippen molar-refractivity contribution in [3.05, 3.63) is 29.8 Å². The smallest absolute Gasteiger partial charge is 0.253 e. The Balaban J connectivity index is 2.61. The summed E-state index contributed by atoms with van der Waals surface area (Å²) >= 11 is 0. The molecule has 4 N–H and O–H groups in total. The summed E-state index contributed by atoms with van der Waals surface area (Å²) in [6.07, 6.45) is 0.605. The van der Waals surface area contributed by atoms with Gasteiger partial charge >= 0.3 is 0 Å². The van der Waals surface area contributed by atoms with Crippen molar-refractivity contribution < 1.29 is 9.53 Å². The summed E-state index contributed by atoms with van der Waals surface area (Å²) in [4.78, 5) is 11.5. The van der Waals surface area contributed by atoms with E-state index in [1.165, 1.54) is 7.05 Å². The van der Waals surface area contributed by atoms with E-state index in [4.69, 9.17) is 16.3 Å². The largest absolute Gasteiger partial charge is 0.491 e. The molecule has 1 unspecified atom stereocenters. The lowest BCUT2D eigenvalue weighted by atomic mass is 10.1. The van der Waals surface area contributed by atoms with Gasteiger partial charge in [-0.1, -0.05) is 12.1 Å². The highest BCUT2D eigenvalue weighted by atomic mass is 16.5. The van der Waals surface area contributed by atoms with Gasteiger partial charge in [-0.2, -0.15) is 0 Å².